The lowest BCUT2D eigenvalue weighted by Crippen LogP contribution is -2.07. The van der Waals surface area contributed by atoms with Crippen LogP contribution in [0.25, 0.3) is 0 Å². The predicted octanol–water partition coefficient (Wildman–Crippen LogP) is 5.72. The Labute approximate surface area is 125 Å². The van der Waals surface area contributed by atoms with Crippen molar-refractivity contribution in [3.63, 3.8) is 0 Å². The van der Waals surface area contributed by atoms with Crippen LogP contribution in [-0.4, -0.2) is 0 Å². The normalized spacial score (nSPS) is 12.3. The van der Waals surface area contributed by atoms with Crippen molar-refractivity contribution in [2.45, 2.75) is 19.9 Å². The molecule has 1 unspecified atom stereocenters. The topological polar surface area (TPSA) is 12.0 Å². The highest BCUT2D eigenvalue weighted by molar-refractivity contribution is 9.10. The Morgan fingerprint density at radius 1 is 1.21 bits per heavy atom. The van der Waals surface area contributed by atoms with Gasteiger partial charge in [-0.15, -0.1) is 0 Å². The van der Waals surface area contributed by atoms with Gasteiger partial charge in [-0.05, 0) is 65.2 Å². The highest BCUT2D eigenvalue weighted by Crippen LogP contribution is 2.28. The van der Waals surface area contributed by atoms with Crippen LogP contribution in [0.15, 0.2) is 40.9 Å². The minimum atomic E-state index is -0.260. The summed E-state index contributed by atoms with van der Waals surface area (Å²) < 4.78 is 13.7. The zero-order valence-corrected chi connectivity index (χ0v) is 13.0. The second-order valence-corrected chi connectivity index (χ2v) is 5.78. The van der Waals surface area contributed by atoms with Crippen LogP contribution >= 0.6 is 27.5 Å². The Hall–Kier alpha value is -1.06. The molecule has 0 radical (unpaired) electrons. The van der Waals surface area contributed by atoms with Crippen molar-refractivity contribution in [2.75, 3.05) is 5.32 Å². The van der Waals surface area contributed by atoms with Gasteiger partial charge in [-0.25, -0.2) is 4.39 Å². The van der Waals surface area contributed by atoms with Crippen LogP contribution in [0.2, 0.25) is 5.02 Å². The summed E-state index contributed by atoms with van der Waals surface area (Å²) in [4.78, 5) is 0. The summed E-state index contributed by atoms with van der Waals surface area (Å²) in [5.74, 6) is -0.260. The van der Waals surface area contributed by atoms with Gasteiger partial charge >= 0.3 is 0 Å². The highest BCUT2D eigenvalue weighted by atomic mass is 79.9. The summed E-state index contributed by atoms with van der Waals surface area (Å²) in [5, 5.41) is 4.02. The van der Waals surface area contributed by atoms with E-state index >= 15 is 0 Å². The molecule has 19 heavy (non-hydrogen) atoms. The molecule has 0 aromatic heterocycles. The highest BCUT2D eigenvalue weighted by Gasteiger charge is 2.10. The second kappa shape index (κ2) is 5.93. The Bertz CT molecular complexity index is 601. The van der Waals surface area contributed by atoms with E-state index in [9.17, 15) is 4.39 Å². The summed E-state index contributed by atoms with van der Waals surface area (Å²) in [6.45, 7) is 4.03. The molecule has 4 heteroatoms. The third-order valence-electron chi connectivity index (χ3n) is 2.94. The molecular weight excluding hydrogens is 329 g/mol. The van der Waals surface area contributed by atoms with Crippen LogP contribution < -0.4 is 5.32 Å². The van der Waals surface area contributed by atoms with E-state index in [-0.39, 0.29) is 11.9 Å². The first-order chi connectivity index (χ1) is 8.97. The van der Waals surface area contributed by atoms with Crippen molar-refractivity contribution >= 4 is 33.2 Å². The fraction of sp³-hybridized carbons (Fsp3) is 0.200. The van der Waals surface area contributed by atoms with Crippen molar-refractivity contribution < 1.29 is 4.39 Å². The molecule has 2 aromatic rings. The molecule has 0 spiro atoms. The number of aryl methyl sites for hydroxylation is 1. The smallest absolute Gasteiger partial charge is 0.137 e. The number of hydrogen-bond acceptors (Lipinski definition) is 1. The van der Waals surface area contributed by atoms with E-state index in [2.05, 4.69) is 21.2 Å². The molecule has 1 nitrogen and oxygen atoms in total. The number of hydrogen-bond donors (Lipinski definition) is 1. The zero-order valence-electron chi connectivity index (χ0n) is 10.7. The predicted molar refractivity (Wildman–Crippen MR) is 82.3 cm³/mol. The van der Waals surface area contributed by atoms with Crippen molar-refractivity contribution in [1.29, 1.82) is 0 Å². The van der Waals surface area contributed by atoms with Gasteiger partial charge in [-0.3, -0.25) is 0 Å². The average molecular weight is 343 g/mol. The molecule has 1 atom stereocenters. The lowest BCUT2D eigenvalue weighted by atomic mass is 10.1. The third kappa shape index (κ3) is 3.48. The van der Waals surface area contributed by atoms with Gasteiger partial charge < -0.3 is 5.32 Å². The largest absolute Gasteiger partial charge is 0.377 e. The average Bonchev–Trinajstić information content (AvgIpc) is 2.37. The quantitative estimate of drug-likeness (QED) is 0.752. The molecule has 0 fully saturated rings. The monoisotopic (exact) mass is 341 g/mol. The van der Waals surface area contributed by atoms with Gasteiger partial charge in [0, 0.05) is 6.04 Å². The molecule has 0 heterocycles. The molecule has 0 saturated carbocycles. The van der Waals surface area contributed by atoms with Gasteiger partial charge in [0.05, 0.1) is 15.2 Å². The van der Waals surface area contributed by atoms with Gasteiger partial charge in [-0.2, -0.15) is 0 Å². The van der Waals surface area contributed by atoms with Gasteiger partial charge in [0.1, 0.15) is 5.82 Å². The van der Waals surface area contributed by atoms with Crippen LogP contribution in [0.1, 0.15) is 24.1 Å². The minimum absolute atomic E-state index is 0.0381. The fourth-order valence-electron chi connectivity index (χ4n) is 1.85. The molecule has 1 N–H and O–H groups in total. The first-order valence-electron chi connectivity index (χ1n) is 5.95. The van der Waals surface area contributed by atoms with Crippen LogP contribution in [-0.2, 0) is 0 Å². The fourth-order valence-corrected chi connectivity index (χ4v) is 2.42. The first kappa shape index (κ1) is 14.4. The molecule has 0 saturated heterocycles. The molecule has 0 aliphatic carbocycles. The summed E-state index contributed by atoms with van der Waals surface area (Å²) in [6.07, 6.45) is 0. The lowest BCUT2D eigenvalue weighted by Gasteiger charge is -2.17. The van der Waals surface area contributed by atoms with E-state index < -0.39 is 0 Å². The number of halogens is 3. The number of nitrogens with one attached hydrogen (secondary N) is 1. The first-order valence-corrected chi connectivity index (χ1v) is 7.12. The van der Waals surface area contributed by atoms with Gasteiger partial charge in [0.15, 0.2) is 0 Å². The molecule has 0 bridgehead atoms. The molecule has 2 aromatic carbocycles. The summed E-state index contributed by atoms with van der Waals surface area (Å²) in [7, 11) is 0. The van der Waals surface area contributed by atoms with Crippen molar-refractivity contribution in [2.24, 2.45) is 0 Å². The van der Waals surface area contributed by atoms with Crippen molar-refractivity contribution in [3.8, 4) is 0 Å². The molecular formula is C15H14BrClFN. The minimum Gasteiger partial charge on any atom is -0.377 e. The number of anilines is 1. The third-order valence-corrected chi connectivity index (χ3v) is 3.87. The van der Waals surface area contributed by atoms with Crippen molar-refractivity contribution in [1.82, 2.24) is 0 Å². The molecule has 0 amide bonds. The van der Waals surface area contributed by atoms with Crippen LogP contribution in [0.4, 0.5) is 10.1 Å². The Balaban J connectivity index is 2.22. The second-order valence-electron chi connectivity index (χ2n) is 4.52. The SMILES string of the molecule is Cc1ccc(Cl)c(NC(C)c2ccc(F)c(Br)c2)c1. The lowest BCUT2D eigenvalue weighted by molar-refractivity contribution is 0.619. The Kier molecular flexibility index (Phi) is 4.48. The molecule has 100 valence electrons. The van der Waals surface area contributed by atoms with Crippen LogP contribution in [0, 0.1) is 12.7 Å². The standard InChI is InChI=1S/C15H14BrClFN/c1-9-3-5-13(17)15(7-9)19-10(2)11-4-6-14(18)12(16)8-11/h3-8,10,19H,1-2H3. The maximum atomic E-state index is 13.2. The van der Waals surface area contributed by atoms with Crippen molar-refractivity contribution in [3.05, 3.63) is 62.8 Å². The van der Waals surface area contributed by atoms with E-state index in [1.807, 2.05) is 32.0 Å². The van der Waals surface area contributed by atoms with E-state index in [4.69, 9.17) is 11.6 Å². The van der Waals surface area contributed by atoms with E-state index in [0.29, 0.717) is 9.50 Å². The van der Waals surface area contributed by atoms with E-state index in [0.717, 1.165) is 16.8 Å². The van der Waals surface area contributed by atoms with Crippen LogP contribution in [0.5, 0.6) is 0 Å². The number of benzene rings is 2. The molecule has 0 aliphatic heterocycles. The molecule has 2 rings (SSSR count). The Morgan fingerprint density at radius 3 is 2.63 bits per heavy atom. The molecule has 0 aliphatic rings. The summed E-state index contributed by atoms with van der Waals surface area (Å²) in [6, 6.07) is 10.9. The summed E-state index contributed by atoms with van der Waals surface area (Å²) in [5.41, 5.74) is 3.01. The maximum Gasteiger partial charge on any atom is 0.137 e. The van der Waals surface area contributed by atoms with Crippen LogP contribution in [0.3, 0.4) is 0 Å². The Morgan fingerprint density at radius 2 is 1.95 bits per heavy atom. The van der Waals surface area contributed by atoms with Gasteiger partial charge in [0.2, 0.25) is 0 Å². The maximum absolute atomic E-state index is 13.2. The van der Waals surface area contributed by atoms with E-state index in [1.165, 1.54) is 6.07 Å². The van der Waals surface area contributed by atoms with E-state index in [1.54, 1.807) is 12.1 Å². The number of rotatable bonds is 3. The zero-order chi connectivity index (χ0) is 14.0. The van der Waals surface area contributed by atoms with Gasteiger partial charge in [-0.1, -0.05) is 23.7 Å². The summed E-state index contributed by atoms with van der Waals surface area (Å²) >= 11 is 9.35. The van der Waals surface area contributed by atoms with Gasteiger partial charge in [0.25, 0.3) is 0 Å².